The molecule has 4 nitrogen and oxygen atoms in total. The number of benzene rings is 1. The number of hydrogen-bond acceptors (Lipinski definition) is 4. The minimum absolute atomic E-state index is 0.119. The molecule has 0 unspecified atom stereocenters. The number of ether oxygens (including phenoxy) is 1. The minimum atomic E-state index is -0.119. The van der Waals surface area contributed by atoms with Gasteiger partial charge in [0.1, 0.15) is 0 Å². The van der Waals surface area contributed by atoms with Crippen molar-refractivity contribution < 1.29 is 9.84 Å². The van der Waals surface area contributed by atoms with Crippen molar-refractivity contribution in [1.82, 2.24) is 9.97 Å². The Balaban J connectivity index is 2.08. The zero-order valence-electron chi connectivity index (χ0n) is 11.1. The molecule has 0 radical (unpaired) electrons. The van der Waals surface area contributed by atoms with Crippen LogP contribution < -0.4 is 4.74 Å². The van der Waals surface area contributed by atoms with Crippen LogP contribution in [0.2, 0.25) is 0 Å². The molecule has 0 saturated carbocycles. The van der Waals surface area contributed by atoms with Crippen molar-refractivity contribution in [2.24, 2.45) is 0 Å². The van der Waals surface area contributed by atoms with Crippen LogP contribution in [0.4, 0.5) is 0 Å². The zero-order valence-corrected chi connectivity index (χ0v) is 11.1. The van der Waals surface area contributed by atoms with Gasteiger partial charge in [-0.2, -0.15) is 0 Å². The highest BCUT2D eigenvalue weighted by atomic mass is 16.5. The van der Waals surface area contributed by atoms with Crippen LogP contribution in [0.5, 0.6) is 11.6 Å². The fourth-order valence-electron chi connectivity index (χ4n) is 2.03. The third-order valence-electron chi connectivity index (χ3n) is 3.10. The van der Waals surface area contributed by atoms with Gasteiger partial charge in [-0.05, 0) is 31.2 Å². The lowest BCUT2D eigenvalue weighted by atomic mass is 10.1. The van der Waals surface area contributed by atoms with Crippen molar-refractivity contribution >= 4 is 10.9 Å². The number of nitrogens with zero attached hydrogens (tertiary/aromatic N) is 2. The van der Waals surface area contributed by atoms with Crippen molar-refractivity contribution in [3.63, 3.8) is 0 Å². The fourth-order valence-corrected chi connectivity index (χ4v) is 2.03. The van der Waals surface area contributed by atoms with E-state index in [4.69, 9.17) is 4.74 Å². The van der Waals surface area contributed by atoms with Crippen LogP contribution in [0.1, 0.15) is 11.3 Å². The predicted molar refractivity (Wildman–Crippen MR) is 76.7 cm³/mol. The Labute approximate surface area is 116 Å². The number of aromatic nitrogens is 2. The number of fused-ring (bicyclic) bond motifs is 1. The maximum absolute atomic E-state index is 9.49. The van der Waals surface area contributed by atoms with Gasteiger partial charge >= 0.3 is 0 Å². The quantitative estimate of drug-likeness (QED) is 0.790. The number of rotatable bonds is 3. The number of pyridine rings is 2. The summed E-state index contributed by atoms with van der Waals surface area (Å²) in [5.41, 5.74) is 2.28. The van der Waals surface area contributed by atoms with Gasteiger partial charge < -0.3 is 9.84 Å². The molecule has 100 valence electrons. The first-order chi connectivity index (χ1) is 9.78. The topological polar surface area (TPSA) is 55.2 Å². The van der Waals surface area contributed by atoms with Crippen molar-refractivity contribution in [3.8, 4) is 11.6 Å². The van der Waals surface area contributed by atoms with Gasteiger partial charge in [-0.15, -0.1) is 0 Å². The molecule has 1 N–H and O–H groups in total. The second-order valence-electron chi connectivity index (χ2n) is 4.49. The number of hydrogen-bond donors (Lipinski definition) is 1. The summed E-state index contributed by atoms with van der Waals surface area (Å²) in [5.74, 6) is 1.06. The standard InChI is InChI=1S/C16H14N2O2/c1-11-15(7-4-8-17-11)20-16-13(10-19)9-12-5-2-3-6-14(12)18-16/h2-9,19H,10H2,1H3. The summed E-state index contributed by atoms with van der Waals surface area (Å²) in [6.07, 6.45) is 1.71. The number of para-hydroxylation sites is 1. The molecular weight excluding hydrogens is 252 g/mol. The van der Waals surface area contributed by atoms with Crippen LogP contribution in [0, 0.1) is 6.92 Å². The van der Waals surface area contributed by atoms with Gasteiger partial charge in [0.05, 0.1) is 17.8 Å². The lowest BCUT2D eigenvalue weighted by molar-refractivity contribution is 0.275. The monoisotopic (exact) mass is 266 g/mol. The Morgan fingerprint density at radius 2 is 2.00 bits per heavy atom. The van der Waals surface area contributed by atoms with Gasteiger partial charge in [0.2, 0.25) is 5.88 Å². The third kappa shape index (κ3) is 2.33. The molecule has 1 aromatic carbocycles. The Hall–Kier alpha value is -2.46. The van der Waals surface area contributed by atoms with Crippen molar-refractivity contribution in [2.75, 3.05) is 0 Å². The van der Waals surface area contributed by atoms with Crippen LogP contribution in [0.25, 0.3) is 10.9 Å². The van der Waals surface area contributed by atoms with E-state index in [0.717, 1.165) is 16.6 Å². The van der Waals surface area contributed by atoms with Crippen LogP contribution in [-0.4, -0.2) is 15.1 Å². The lowest BCUT2D eigenvalue weighted by Gasteiger charge is -2.11. The molecule has 0 aliphatic carbocycles. The molecule has 0 amide bonds. The SMILES string of the molecule is Cc1ncccc1Oc1nc2ccccc2cc1CO. The van der Waals surface area contributed by atoms with Gasteiger partial charge in [-0.1, -0.05) is 18.2 Å². The normalized spacial score (nSPS) is 10.7. The van der Waals surface area contributed by atoms with E-state index in [1.165, 1.54) is 0 Å². The first-order valence-electron chi connectivity index (χ1n) is 6.37. The number of aliphatic hydroxyl groups excluding tert-OH is 1. The lowest BCUT2D eigenvalue weighted by Crippen LogP contribution is -1.97. The maximum Gasteiger partial charge on any atom is 0.225 e. The van der Waals surface area contributed by atoms with Crippen LogP contribution in [0.3, 0.4) is 0 Å². The van der Waals surface area contributed by atoms with E-state index in [-0.39, 0.29) is 6.61 Å². The molecule has 3 rings (SSSR count). The van der Waals surface area contributed by atoms with E-state index in [0.29, 0.717) is 17.2 Å². The molecule has 0 saturated heterocycles. The molecule has 2 aromatic heterocycles. The van der Waals surface area contributed by atoms with Crippen LogP contribution in [-0.2, 0) is 6.61 Å². The summed E-state index contributed by atoms with van der Waals surface area (Å²) >= 11 is 0. The third-order valence-corrected chi connectivity index (χ3v) is 3.10. The molecule has 0 spiro atoms. The average molecular weight is 266 g/mol. The molecule has 0 aliphatic heterocycles. The van der Waals surface area contributed by atoms with Crippen molar-refractivity contribution in [2.45, 2.75) is 13.5 Å². The minimum Gasteiger partial charge on any atom is -0.437 e. The molecule has 0 bridgehead atoms. The van der Waals surface area contributed by atoms with Crippen molar-refractivity contribution in [1.29, 1.82) is 0 Å². The highest BCUT2D eigenvalue weighted by Crippen LogP contribution is 2.28. The second-order valence-corrected chi connectivity index (χ2v) is 4.49. The van der Waals surface area contributed by atoms with Gasteiger partial charge in [0, 0.05) is 17.1 Å². The van der Waals surface area contributed by atoms with Crippen molar-refractivity contribution in [3.05, 3.63) is 59.9 Å². The smallest absolute Gasteiger partial charge is 0.225 e. The van der Waals surface area contributed by atoms with E-state index in [1.54, 1.807) is 6.20 Å². The van der Waals surface area contributed by atoms with Gasteiger partial charge in [0.25, 0.3) is 0 Å². The Morgan fingerprint density at radius 3 is 2.80 bits per heavy atom. The summed E-state index contributed by atoms with van der Waals surface area (Å²) in [4.78, 5) is 8.65. The summed E-state index contributed by atoms with van der Waals surface area (Å²) in [6.45, 7) is 1.75. The van der Waals surface area contributed by atoms with E-state index in [2.05, 4.69) is 9.97 Å². The van der Waals surface area contributed by atoms with Gasteiger partial charge in [-0.25, -0.2) is 4.98 Å². The zero-order chi connectivity index (χ0) is 13.9. The number of aliphatic hydroxyl groups is 1. The Kier molecular flexibility index (Phi) is 3.31. The Morgan fingerprint density at radius 1 is 1.15 bits per heavy atom. The average Bonchev–Trinajstić information content (AvgIpc) is 2.49. The van der Waals surface area contributed by atoms with E-state index in [9.17, 15) is 5.11 Å². The highest BCUT2D eigenvalue weighted by molar-refractivity contribution is 5.80. The summed E-state index contributed by atoms with van der Waals surface area (Å²) in [7, 11) is 0. The summed E-state index contributed by atoms with van der Waals surface area (Å²) < 4.78 is 5.81. The maximum atomic E-state index is 9.49. The van der Waals surface area contributed by atoms with Gasteiger partial charge in [-0.3, -0.25) is 4.98 Å². The predicted octanol–water partition coefficient (Wildman–Crippen LogP) is 3.22. The molecule has 0 aliphatic rings. The fraction of sp³-hybridized carbons (Fsp3) is 0.125. The van der Waals surface area contributed by atoms with E-state index >= 15 is 0 Å². The highest BCUT2D eigenvalue weighted by Gasteiger charge is 2.10. The summed E-state index contributed by atoms with van der Waals surface area (Å²) in [6, 6.07) is 13.3. The molecule has 2 heterocycles. The van der Waals surface area contributed by atoms with Crippen LogP contribution >= 0.6 is 0 Å². The molecule has 0 atom stereocenters. The molecule has 20 heavy (non-hydrogen) atoms. The Bertz CT molecular complexity index is 756. The molecular formula is C16H14N2O2. The molecule has 3 aromatic rings. The van der Waals surface area contributed by atoms with E-state index in [1.807, 2.05) is 49.4 Å². The molecule has 4 heteroatoms. The van der Waals surface area contributed by atoms with Crippen LogP contribution in [0.15, 0.2) is 48.7 Å². The molecule has 0 fully saturated rings. The first-order valence-corrected chi connectivity index (χ1v) is 6.37. The largest absolute Gasteiger partial charge is 0.437 e. The van der Waals surface area contributed by atoms with E-state index < -0.39 is 0 Å². The number of aryl methyl sites for hydroxylation is 1. The second kappa shape index (κ2) is 5.27. The summed E-state index contributed by atoms with van der Waals surface area (Å²) in [5, 5.41) is 10.5. The van der Waals surface area contributed by atoms with Gasteiger partial charge in [0.15, 0.2) is 5.75 Å². The first kappa shape index (κ1) is 12.6.